The normalized spacial score (nSPS) is 10.9. The third-order valence-corrected chi connectivity index (χ3v) is 10.2. The molecule has 6 heteroatoms. The van der Waals surface area contributed by atoms with Gasteiger partial charge in [0, 0.05) is 18.3 Å². The van der Waals surface area contributed by atoms with Crippen molar-refractivity contribution in [2.24, 2.45) is 0 Å². The second-order valence-corrected chi connectivity index (χ2v) is 14.9. The molecule has 3 aromatic carbocycles. The average molecular weight is 747 g/mol. The third kappa shape index (κ3) is 23.1. The van der Waals surface area contributed by atoms with Crippen LogP contribution in [0.2, 0.25) is 0 Å². The molecule has 54 heavy (non-hydrogen) atoms. The van der Waals surface area contributed by atoms with E-state index >= 15 is 0 Å². The number of phenolic OH excluding ortho intramolecular Hbond substituents is 2. The fourth-order valence-electron chi connectivity index (χ4n) is 6.74. The molecule has 0 bridgehead atoms. The van der Waals surface area contributed by atoms with Crippen LogP contribution in [0.25, 0.3) is 0 Å². The number of rotatable bonds is 27. The van der Waals surface area contributed by atoms with Gasteiger partial charge in [-0.05, 0) is 60.7 Å². The van der Waals surface area contributed by atoms with Gasteiger partial charge in [0.25, 0.3) is 0 Å². The number of aromatic hydroxyl groups is 2. The SMILES string of the molecule is CC(c1ccccc1)(c1ccc(O)cc1)c1ccc(O)cc1.CCCCCCCCCCCCCC(=O)O.CCCCCCCCCCCCCC(=O)O. The quantitative estimate of drug-likeness (QED) is 0.0456. The molecule has 6 nitrogen and oxygen atoms in total. The standard InChI is InChI=1S/C20H18O2.2C14H28O2/c1-20(15-5-3-2-4-6-15,16-7-11-18(21)12-8-16)17-9-13-19(22)14-10-17;2*1-2-3-4-5-6-7-8-9-10-11-12-13-14(15)16/h2-14,21-22H,1H3;2*2-13H2,1H3,(H,15,16). The van der Waals surface area contributed by atoms with Crippen LogP contribution >= 0.6 is 0 Å². The van der Waals surface area contributed by atoms with Crippen molar-refractivity contribution in [2.75, 3.05) is 0 Å². The fraction of sp³-hybridized carbons (Fsp3) is 0.583. The Bertz CT molecular complexity index is 1240. The van der Waals surface area contributed by atoms with Crippen molar-refractivity contribution >= 4 is 11.9 Å². The first kappa shape index (κ1) is 48.2. The Hall–Kier alpha value is -3.80. The summed E-state index contributed by atoms with van der Waals surface area (Å²) < 4.78 is 0. The van der Waals surface area contributed by atoms with Crippen LogP contribution in [-0.2, 0) is 15.0 Å². The first-order valence-corrected chi connectivity index (χ1v) is 21.2. The van der Waals surface area contributed by atoms with Crippen LogP contribution in [0.1, 0.15) is 192 Å². The Morgan fingerprint density at radius 3 is 0.944 bits per heavy atom. The van der Waals surface area contributed by atoms with E-state index in [9.17, 15) is 19.8 Å². The molecule has 302 valence electrons. The number of carbonyl (C=O) groups is 2. The molecular weight excluding hydrogens is 673 g/mol. The van der Waals surface area contributed by atoms with Crippen LogP contribution in [0, 0.1) is 0 Å². The number of hydrogen-bond acceptors (Lipinski definition) is 4. The molecule has 0 heterocycles. The van der Waals surface area contributed by atoms with Gasteiger partial charge in [0.2, 0.25) is 0 Å². The van der Waals surface area contributed by atoms with Crippen LogP contribution < -0.4 is 0 Å². The zero-order valence-corrected chi connectivity index (χ0v) is 34.1. The Morgan fingerprint density at radius 2 is 0.667 bits per heavy atom. The van der Waals surface area contributed by atoms with E-state index in [2.05, 4.69) is 32.9 Å². The summed E-state index contributed by atoms with van der Waals surface area (Å²) in [6.07, 6.45) is 28.7. The van der Waals surface area contributed by atoms with Gasteiger partial charge < -0.3 is 20.4 Å². The summed E-state index contributed by atoms with van der Waals surface area (Å²) in [6.45, 7) is 6.65. The first-order valence-electron chi connectivity index (χ1n) is 21.2. The van der Waals surface area contributed by atoms with Crippen molar-refractivity contribution in [2.45, 2.75) is 180 Å². The van der Waals surface area contributed by atoms with Gasteiger partial charge in [-0.1, -0.05) is 197 Å². The summed E-state index contributed by atoms with van der Waals surface area (Å²) in [5.74, 6) is -0.804. The minimum Gasteiger partial charge on any atom is -0.508 e. The van der Waals surface area contributed by atoms with Crippen LogP contribution in [0.3, 0.4) is 0 Å². The van der Waals surface area contributed by atoms with Crippen LogP contribution in [0.4, 0.5) is 0 Å². The molecule has 3 aromatic rings. The molecule has 0 aliphatic carbocycles. The van der Waals surface area contributed by atoms with Gasteiger partial charge in [0.05, 0.1) is 0 Å². The maximum absolute atomic E-state index is 10.3. The second kappa shape index (κ2) is 31.5. The second-order valence-electron chi connectivity index (χ2n) is 14.9. The molecule has 0 atom stereocenters. The molecule has 0 spiro atoms. The number of hydrogen-bond donors (Lipinski definition) is 4. The molecule has 0 aromatic heterocycles. The Labute approximate surface area is 328 Å². The van der Waals surface area contributed by atoms with Gasteiger partial charge in [-0.25, -0.2) is 0 Å². The molecule has 0 fully saturated rings. The van der Waals surface area contributed by atoms with Gasteiger partial charge in [0.15, 0.2) is 0 Å². The van der Waals surface area contributed by atoms with Crippen molar-refractivity contribution in [1.29, 1.82) is 0 Å². The summed E-state index contributed by atoms with van der Waals surface area (Å²) in [5, 5.41) is 36.0. The fourth-order valence-corrected chi connectivity index (χ4v) is 6.74. The minimum atomic E-state index is -0.657. The summed E-state index contributed by atoms with van der Waals surface area (Å²) >= 11 is 0. The van der Waals surface area contributed by atoms with Crippen LogP contribution in [0.15, 0.2) is 78.9 Å². The van der Waals surface area contributed by atoms with Crippen LogP contribution in [-0.4, -0.2) is 32.4 Å². The third-order valence-electron chi connectivity index (χ3n) is 10.2. The van der Waals surface area contributed by atoms with E-state index in [1.165, 1.54) is 116 Å². The summed E-state index contributed by atoms with van der Waals surface area (Å²) in [7, 11) is 0. The van der Waals surface area contributed by atoms with E-state index < -0.39 is 11.9 Å². The average Bonchev–Trinajstić information content (AvgIpc) is 3.17. The number of carboxylic acid groups (broad SMARTS) is 2. The predicted molar refractivity (Wildman–Crippen MR) is 226 cm³/mol. The first-order chi connectivity index (χ1) is 26.1. The summed E-state index contributed by atoms with van der Waals surface area (Å²) in [6, 6.07) is 24.8. The number of phenols is 2. The molecule has 0 aliphatic rings. The van der Waals surface area contributed by atoms with Gasteiger partial charge in [-0.15, -0.1) is 0 Å². The maximum atomic E-state index is 10.3. The van der Waals surface area contributed by atoms with Gasteiger partial charge >= 0.3 is 11.9 Å². The van der Waals surface area contributed by atoms with Crippen molar-refractivity contribution in [3.05, 3.63) is 95.6 Å². The van der Waals surface area contributed by atoms with E-state index in [0.29, 0.717) is 12.8 Å². The molecule has 0 amide bonds. The van der Waals surface area contributed by atoms with E-state index in [0.717, 1.165) is 42.4 Å². The molecular formula is C48H74O6. The van der Waals surface area contributed by atoms with Crippen molar-refractivity contribution < 1.29 is 30.0 Å². The van der Waals surface area contributed by atoms with Crippen LogP contribution in [0.5, 0.6) is 11.5 Å². The summed E-state index contributed by atoms with van der Waals surface area (Å²) in [5.41, 5.74) is 2.97. The molecule has 0 aliphatic heterocycles. The molecule has 3 rings (SSSR count). The largest absolute Gasteiger partial charge is 0.508 e. The number of benzene rings is 3. The Morgan fingerprint density at radius 1 is 0.407 bits per heavy atom. The molecule has 4 N–H and O–H groups in total. The highest BCUT2D eigenvalue weighted by Crippen LogP contribution is 2.39. The highest BCUT2D eigenvalue weighted by molar-refractivity contribution is 5.66. The monoisotopic (exact) mass is 747 g/mol. The van der Waals surface area contributed by atoms with E-state index in [4.69, 9.17) is 10.2 Å². The topological polar surface area (TPSA) is 115 Å². The Balaban J connectivity index is 0.000000416. The lowest BCUT2D eigenvalue weighted by Crippen LogP contribution is -2.25. The lowest BCUT2D eigenvalue weighted by Gasteiger charge is -2.32. The van der Waals surface area contributed by atoms with E-state index in [-0.39, 0.29) is 16.9 Å². The highest BCUT2D eigenvalue weighted by Gasteiger charge is 2.31. The van der Waals surface area contributed by atoms with Crippen molar-refractivity contribution in [3.8, 4) is 11.5 Å². The molecule has 0 radical (unpaired) electrons. The van der Waals surface area contributed by atoms with Gasteiger partial charge in [-0.2, -0.15) is 0 Å². The van der Waals surface area contributed by atoms with Crippen molar-refractivity contribution in [3.63, 3.8) is 0 Å². The Kier molecular flexibility index (Phi) is 28.2. The van der Waals surface area contributed by atoms with Gasteiger partial charge in [0.1, 0.15) is 11.5 Å². The zero-order chi connectivity index (χ0) is 39.7. The maximum Gasteiger partial charge on any atom is 0.303 e. The highest BCUT2D eigenvalue weighted by atomic mass is 16.4. The number of carboxylic acids is 2. The lowest BCUT2D eigenvalue weighted by molar-refractivity contribution is -0.138. The van der Waals surface area contributed by atoms with Gasteiger partial charge in [-0.3, -0.25) is 9.59 Å². The lowest BCUT2D eigenvalue weighted by atomic mass is 9.71. The smallest absolute Gasteiger partial charge is 0.303 e. The zero-order valence-electron chi connectivity index (χ0n) is 34.1. The summed E-state index contributed by atoms with van der Waals surface area (Å²) in [4.78, 5) is 20.5. The number of unbranched alkanes of at least 4 members (excludes halogenated alkanes) is 20. The van der Waals surface area contributed by atoms with Crippen molar-refractivity contribution in [1.82, 2.24) is 0 Å². The minimum absolute atomic E-state index is 0.255. The molecule has 0 unspecified atom stereocenters. The van der Waals surface area contributed by atoms with E-state index in [1.807, 2.05) is 42.5 Å². The predicted octanol–water partition coefficient (Wildman–Crippen LogP) is 14.0. The number of aliphatic carboxylic acids is 2. The molecule has 0 saturated carbocycles. The molecule has 0 saturated heterocycles. The van der Waals surface area contributed by atoms with E-state index in [1.54, 1.807) is 24.3 Å².